The zero-order valence-corrected chi connectivity index (χ0v) is 10.5. The Morgan fingerprint density at radius 3 is 2.75 bits per heavy atom. The first-order valence-electron chi connectivity index (χ1n) is 6.10. The van der Waals surface area contributed by atoms with E-state index < -0.39 is 0 Å². The molecule has 1 aromatic rings. The van der Waals surface area contributed by atoms with E-state index in [1.54, 1.807) is 0 Å². The molecule has 0 amide bonds. The minimum atomic E-state index is 0.0256. The van der Waals surface area contributed by atoms with Crippen LogP contribution in [0, 0.1) is 0 Å². The van der Waals surface area contributed by atoms with E-state index in [0.717, 1.165) is 25.2 Å². The van der Waals surface area contributed by atoms with Gasteiger partial charge in [0.25, 0.3) is 0 Å². The molecule has 1 heterocycles. The number of ether oxygens (including phenoxy) is 1. The van der Waals surface area contributed by atoms with Gasteiger partial charge in [0.15, 0.2) is 0 Å². The molecule has 0 aliphatic carbocycles. The second-order valence-electron chi connectivity index (χ2n) is 3.90. The van der Waals surface area contributed by atoms with Crippen molar-refractivity contribution in [1.82, 2.24) is 9.55 Å². The number of aromatic nitrogens is 2. The lowest BCUT2D eigenvalue weighted by Gasteiger charge is -2.22. The van der Waals surface area contributed by atoms with Crippen molar-refractivity contribution in [2.75, 3.05) is 6.61 Å². The van der Waals surface area contributed by atoms with Gasteiger partial charge in [0, 0.05) is 38.0 Å². The Labute approximate surface area is 97.8 Å². The van der Waals surface area contributed by atoms with E-state index in [1.165, 1.54) is 0 Å². The fourth-order valence-corrected chi connectivity index (χ4v) is 1.92. The van der Waals surface area contributed by atoms with Crippen LogP contribution in [0.4, 0.5) is 0 Å². The predicted molar refractivity (Wildman–Crippen MR) is 65.3 cm³/mol. The van der Waals surface area contributed by atoms with Crippen LogP contribution in [0.3, 0.4) is 0 Å². The van der Waals surface area contributed by atoms with Crippen molar-refractivity contribution in [3.8, 4) is 0 Å². The normalized spacial score (nSPS) is 15.0. The summed E-state index contributed by atoms with van der Waals surface area (Å²) in [6.07, 6.45) is 5.67. The lowest BCUT2D eigenvalue weighted by molar-refractivity contribution is 0.0411. The molecule has 1 rings (SSSR count). The zero-order valence-electron chi connectivity index (χ0n) is 10.5. The molecule has 4 nitrogen and oxygen atoms in total. The number of nitrogens with zero attached hydrogens (tertiary/aromatic N) is 2. The Balaban J connectivity index is 2.58. The number of nitrogens with two attached hydrogens (primary N) is 1. The molecule has 0 aromatic carbocycles. The number of hydrogen-bond acceptors (Lipinski definition) is 3. The molecule has 0 radical (unpaired) electrons. The van der Waals surface area contributed by atoms with Crippen molar-refractivity contribution in [3.63, 3.8) is 0 Å². The first kappa shape index (κ1) is 13.2. The second kappa shape index (κ2) is 6.66. The highest BCUT2D eigenvalue weighted by Gasteiger charge is 2.18. The highest BCUT2D eigenvalue weighted by atomic mass is 16.5. The van der Waals surface area contributed by atoms with Gasteiger partial charge in [-0.3, -0.25) is 0 Å². The maximum Gasteiger partial charge on any atom is 0.110 e. The molecule has 4 heteroatoms. The van der Waals surface area contributed by atoms with E-state index >= 15 is 0 Å². The maximum absolute atomic E-state index is 6.15. The summed E-state index contributed by atoms with van der Waals surface area (Å²) in [5, 5.41) is 0. The van der Waals surface area contributed by atoms with E-state index in [4.69, 9.17) is 10.5 Å². The van der Waals surface area contributed by atoms with Crippen molar-refractivity contribution >= 4 is 0 Å². The van der Waals surface area contributed by atoms with Crippen molar-refractivity contribution < 1.29 is 4.74 Å². The van der Waals surface area contributed by atoms with Crippen LogP contribution in [0.25, 0.3) is 0 Å². The fourth-order valence-electron chi connectivity index (χ4n) is 1.92. The monoisotopic (exact) mass is 225 g/mol. The van der Waals surface area contributed by atoms with Gasteiger partial charge in [-0.1, -0.05) is 6.92 Å². The van der Waals surface area contributed by atoms with E-state index in [0.29, 0.717) is 6.61 Å². The van der Waals surface area contributed by atoms with Crippen LogP contribution in [0.5, 0.6) is 0 Å². The van der Waals surface area contributed by atoms with Gasteiger partial charge in [0.1, 0.15) is 5.82 Å². The molecule has 92 valence electrons. The van der Waals surface area contributed by atoms with Gasteiger partial charge >= 0.3 is 0 Å². The Hall–Kier alpha value is -0.870. The molecular weight excluding hydrogens is 202 g/mol. The first-order chi connectivity index (χ1) is 7.72. The van der Waals surface area contributed by atoms with Crippen LogP contribution in [-0.4, -0.2) is 28.3 Å². The topological polar surface area (TPSA) is 53.1 Å². The van der Waals surface area contributed by atoms with E-state index in [-0.39, 0.29) is 12.1 Å². The van der Waals surface area contributed by atoms with Crippen LogP contribution in [0.2, 0.25) is 0 Å². The highest BCUT2D eigenvalue weighted by molar-refractivity contribution is 4.96. The van der Waals surface area contributed by atoms with Gasteiger partial charge in [-0.2, -0.15) is 0 Å². The molecule has 2 N–H and O–H groups in total. The number of imidazole rings is 1. The smallest absolute Gasteiger partial charge is 0.110 e. The Morgan fingerprint density at radius 1 is 1.44 bits per heavy atom. The molecule has 0 saturated carbocycles. The summed E-state index contributed by atoms with van der Waals surface area (Å²) in [5.74, 6) is 1.05. The van der Waals surface area contributed by atoms with E-state index in [2.05, 4.69) is 23.4 Å². The quantitative estimate of drug-likeness (QED) is 0.766. The average molecular weight is 225 g/mol. The molecule has 2 atom stereocenters. The lowest BCUT2D eigenvalue weighted by Crippen LogP contribution is -2.39. The van der Waals surface area contributed by atoms with Crippen molar-refractivity contribution in [3.05, 3.63) is 18.2 Å². The summed E-state index contributed by atoms with van der Waals surface area (Å²) in [5.41, 5.74) is 6.15. The summed E-state index contributed by atoms with van der Waals surface area (Å²) < 4.78 is 7.74. The van der Waals surface area contributed by atoms with Crippen LogP contribution in [0.1, 0.15) is 33.0 Å². The largest absolute Gasteiger partial charge is 0.377 e. The first-order valence-corrected chi connectivity index (χ1v) is 6.10. The molecule has 0 spiro atoms. The van der Waals surface area contributed by atoms with Crippen LogP contribution < -0.4 is 5.73 Å². The van der Waals surface area contributed by atoms with Gasteiger partial charge in [-0.15, -0.1) is 0 Å². The molecule has 16 heavy (non-hydrogen) atoms. The Morgan fingerprint density at radius 2 is 2.19 bits per heavy atom. The van der Waals surface area contributed by atoms with E-state index in [1.807, 2.05) is 19.3 Å². The van der Waals surface area contributed by atoms with Crippen LogP contribution in [-0.2, 0) is 17.7 Å². The minimum Gasteiger partial charge on any atom is -0.377 e. The van der Waals surface area contributed by atoms with Gasteiger partial charge in [-0.25, -0.2) is 4.98 Å². The van der Waals surface area contributed by atoms with Gasteiger partial charge in [-0.05, 0) is 20.3 Å². The van der Waals surface area contributed by atoms with Crippen molar-refractivity contribution in [2.24, 2.45) is 5.73 Å². The highest BCUT2D eigenvalue weighted by Crippen LogP contribution is 2.08. The molecule has 0 aliphatic rings. The van der Waals surface area contributed by atoms with Gasteiger partial charge < -0.3 is 15.0 Å². The van der Waals surface area contributed by atoms with Crippen LogP contribution in [0.15, 0.2) is 12.4 Å². The summed E-state index contributed by atoms with van der Waals surface area (Å²) in [6.45, 7) is 7.87. The molecule has 2 unspecified atom stereocenters. The summed E-state index contributed by atoms with van der Waals surface area (Å²) in [6, 6.07) is 0.0256. The third-order valence-electron chi connectivity index (χ3n) is 2.82. The Kier molecular flexibility index (Phi) is 5.49. The van der Waals surface area contributed by atoms with Gasteiger partial charge in [0.2, 0.25) is 0 Å². The number of rotatable bonds is 7. The van der Waals surface area contributed by atoms with Crippen molar-refractivity contribution in [1.29, 1.82) is 0 Å². The fraction of sp³-hybridized carbons (Fsp3) is 0.750. The van der Waals surface area contributed by atoms with E-state index in [9.17, 15) is 0 Å². The number of aryl methyl sites for hydroxylation is 1. The molecule has 0 bridgehead atoms. The molecule has 1 aromatic heterocycles. The summed E-state index contributed by atoms with van der Waals surface area (Å²) >= 11 is 0. The average Bonchev–Trinajstić information content (AvgIpc) is 2.72. The number of hydrogen-bond donors (Lipinski definition) is 1. The third-order valence-corrected chi connectivity index (χ3v) is 2.82. The standard InChI is InChI=1S/C12H23N3O/c1-4-11(16-6-3)10(13)9-12-14-7-8-15(12)5-2/h7-8,10-11H,4-6,9,13H2,1-3H3. The SMILES string of the molecule is CCOC(CC)C(N)Cc1nccn1CC. The second-order valence-corrected chi connectivity index (χ2v) is 3.90. The lowest BCUT2D eigenvalue weighted by atomic mass is 10.1. The summed E-state index contributed by atoms with van der Waals surface area (Å²) in [7, 11) is 0. The predicted octanol–water partition coefficient (Wildman–Crippen LogP) is 1.59. The van der Waals surface area contributed by atoms with Crippen LogP contribution >= 0.6 is 0 Å². The zero-order chi connectivity index (χ0) is 12.0. The van der Waals surface area contributed by atoms with Gasteiger partial charge in [0.05, 0.1) is 6.10 Å². The molecule has 0 aliphatic heterocycles. The summed E-state index contributed by atoms with van der Waals surface area (Å²) in [4.78, 5) is 4.33. The molecule has 0 saturated heterocycles. The maximum atomic E-state index is 6.15. The molecular formula is C12H23N3O. The molecule has 0 fully saturated rings. The minimum absolute atomic E-state index is 0.0256. The third kappa shape index (κ3) is 3.32. The Bertz CT molecular complexity index is 298. The van der Waals surface area contributed by atoms with Crippen molar-refractivity contribution in [2.45, 2.75) is 52.3 Å².